The predicted molar refractivity (Wildman–Crippen MR) is 178 cm³/mol. The second-order valence-electron chi connectivity index (χ2n) is 19.7. The first-order valence-electron chi connectivity index (χ1n) is 18.1. The molecule has 4 saturated heterocycles. The van der Waals surface area contributed by atoms with Gasteiger partial charge in [-0.25, -0.2) is 0 Å². The van der Waals surface area contributed by atoms with Gasteiger partial charge in [0, 0.05) is 81.6 Å². The SMILES string of the molecule is CC(C)(C)C1CCN(C[C@@H]2[C@H]3CN(C(C)(C)CC4CN(C[C@@H]5[C@H]6CN(C(C)(C)C)C[C@@H]56)CCN4C(C)(C)C)C[C@@H]23)CC1. The maximum Gasteiger partial charge on any atom is 0.0246 e. The van der Waals surface area contributed by atoms with Crippen molar-refractivity contribution in [3.8, 4) is 0 Å². The van der Waals surface area contributed by atoms with Gasteiger partial charge in [0.1, 0.15) is 0 Å². The van der Waals surface area contributed by atoms with E-state index in [9.17, 15) is 0 Å². The smallest absolute Gasteiger partial charge is 0.0246 e. The summed E-state index contributed by atoms with van der Waals surface area (Å²) in [5.74, 6) is 6.71. The van der Waals surface area contributed by atoms with E-state index >= 15 is 0 Å². The highest BCUT2D eigenvalue weighted by molar-refractivity contribution is 5.11. The maximum atomic E-state index is 2.91. The predicted octanol–water partition coefficient (Wildman–Crippen LogP) is 5.85. The molecule has 0 aromatic heterocycles. The van der Waals surface area contributed by atoms with Crippen molar-refractivity contribution in [3.63, 3.8) is 0 Å². The molecule has 0 spiro atoms. The summed E-state index contributed by atoms with van der Waals surface area (Å²) in [6, 6.07) is 0.662. The van der Waals surface area contributed by atoms with Crippen LogP contribution in [0, 0.1) is 46.8 Å². The average Bonchev–Trinajstić information content (AvgIpc) is 3.48. The van der Waals surface area contributed by atoms with Gasteiger partial charge in [-0.3, -0.25) is 14.7 Å². The lowest BCUT2D eigenvalue weighted by molar-refractivity contribution is -0.0215. The molecule has 1 unspecified atom stereocenters. The molecule has 0 N–H and O–H groups in total. The zero-order chi connectivity index (χ0) is 30.4. The van der Waals surface area contributed by atoms with Crippen LogP contribution in [0.25, 0.3) is 0 Å². The quantitative estimate of drug-likeness (QED) is 0.373. The highest BCUT2D eigenvalue weighted by atomic mass is 15.3. The van der Waals surface area contributed by atoms with Crippen molar-refractivity contribution in [1.82, 2.24) is 24.5 Å². The standard InChI is InChI=1S/C37H69N5/c1-34(2,3)26-12-14-38(15-13-26)20-28-32-24-41(25-33(28)32)37(10,11)18-27-19-39(16-17-42(27)36(7,8)9)21-29-30-22-40(23-31(29)30)35(4,5)6/h26-33H,12-25H2,1-11H3/t27?,28-,29-,30-,31+,32-,33+. The number of piperazine rings is 1. The molecule has 4 aliphatic heterocycles. The Morgan fingerprint density at radius 2 is 1.02 bits per heavy atom. The minimum absolute atomic E-state index is 0.245. The Morgan fingerprint density at radius 3 is 1.50 bits per heavy atom. The average molecular weight is 584 g/mol. The third-order valence-electron chi connectivity index (χ3n) is 13.5. The molecule has 0 aromatic rings. The summed E-state index contributed by atoms with van der Waals surface area (Å²) >= 11 is 0. The summed E-state index contributed by atoms with van der Waals surface area (Å²) in [5.41, 5.74) is 1.35. The molecule has 0 amide bonds. The molecule has 242 valence electrons. The Labute approximate surface area is 261 Å². The number of rotatable bonds is 7. The molecule has 6 rings (SSSR count). The Kier molecular flexibility index (Phi) is 8.29. The first kappa shape index (κ1) is 31.8. The van der Waals surface area contributed by atoms with E-state index in [1.807, 2.05) is 0 Å². The lowest BCUT2D eigenvalue weighted by Gasteiger charge is -2.51. The Balaban J connectivity index is 0.991. The van der Waals surface area contributed by atoms with Gasteiger partial charge in [-0.2, -0.15) is 0 Å². The Morgan fingerprint density at radius 1 is 0.524 bits per heavy atom. The minimum atomic E-state index is 0.245. The minimum Gasteiger partial charge on any atom is -0.303 e. The van der Waals surface area contributed by atoms with Gasteiger partial charge in [0.2, 0.25) is 0 Å². The van der Waals surface area contributed by atoms with Crippen molar-refractivity contribution in [2.24, 2.45) is 46.8 Å². The molecule has 4 heterocycles. The first-order chi connectivity index (χ1) is 19.4. The highest BCUT2D eigenvalue weighted by Gasteiger charge is 2.59. The van der Waals surface area contributed by atoms with E-state index in [2.05, 4.69) is 101 Å². The van der Waals surface area contributed by atoms with Gasteiger partial charge in [-0.15, -0.1) is 0 Å². The van der Waals surface area contributed by atoms with Crippen molar-refractivity contribution in [2.75, 3.05) is 72.0 Å². The van der Waals surface area contributed by atoms with Gasteiger partial charge in [0.25, 0.3) is 0 Å². The summed E-state index contributed by atoms with van der Waals surface area (Å²) in [6.45, 7) is 41.6. The number of likely N-dealkylation sites (tertiary alicyclic amines) is 3. The second-order valence-corrected chi connectivity index (χ2v) is 19.7. The number of fused-ring (bicyclic) bond motifs is 2. The lowest BCUT2D eigenvalue weighted by atomic mass is 9.75. The van der Waals surface area contributed by atoms with Crippen LogP contribution in [0.1, 0.15) is 95.4 Å². The van der Waals surface area contributed by atoms with Gasteiger partial charge in [-0.05, 0) is 135 Å². The highest BCUT2D eigenvalue weighted by Crippen LogP contribution is 2.55. The van der Waals surface area contributed by atoms with Crippen LogP contribution in [0.3, 0.4) is 0 Å². The summed E-state index contributed by atoms with van der Waals surface area (Å²) in [4.78, 5) is 14.2. The van der Waals surface area contributed by atoms with Gasteiger partial charge >= 0.3 is 0 Å². The molecule has 6 aliphatic rings. The third-order valence-corrected chi connectivity index (χ3v) is 13.5. The van der Waals surface area contributed by atoms with Gasteiger partial charge in [0.05, 0.1) is 0 Å². The zero-order valence-electron chi connectivity index (χ0n) is 29.8. The van der Waals surface area contributed by atoms with Crippen LogP contribution < -0.4 is 0 Å². The van der Waals surface area contributed by atoms with Crippen molar-refractivity contribution in [2.45, 2.75) is 118 Å². The van der Waals surface area contributed by atoms with E-state index < -0.39 is 0 Å². The number of nitrogens with zero attached hydrogens (tertiary/aromatic N) is 5. The monoisotopic (exact) mass is 584 g/mol. The van der Waals surface area contributed by atoms with Gasteiger partial charge in [0.15, 0.2) is 0 Å². The van der Waals surface area contributed by atoms with E-state index in [1.165, 1.54) is 91.3 Å². The normalized spacial score (nSPS) is 38.2. The fourth-order valence-corrected chi connectivity index (χ4v) is 10.3. The fraction of sp³-hybridized carbons (Fsp3) is 1.00. The number of hydrogen-bond acceptors (Lipinski definition) is 5. The van der Waals surface area contributed by atoms with Crippen molar-refractivity contribution in [3.05, 3.63) is 0 Å². The molecule has 5 nitrogen and oxygen atoms in total. The first-order valence-corrected chi connectivity index (χ1v) is 18.1. The molecular weight excluding hydrogens is 514 g/mol. The maximum absolute atomic E-state index is 2.91. The Bertz CT molecular complexity index is 923. The summed E-state index contributed by atoms with van der Waals surface area (Å²) in [6.07, 6.45) is 4.12. The Hall–Kier alpha value is -0.200. The van der Waals surface area contributed by atoms with E-state index in [-0.39, 0.29) is 11.1 Å². The molecule has 0 aromatic carbocycles. The number of hydrogen-bond donors (Lipinski definition) is 0. The second kappa shape index (κ2) is 11.0. The summed E-state index contributed by atoms with van der Waals surface area (Å²) in [7, 11) is 0. The topological polar surface area (TPSA) is 16.2 Å². The van der Waals surface area contributed by atoms with Crippen LogP contribution in [0.4, 0.5) is 0 Å². The zero-order valence-corrected chi connectivity index (χ0v) is 29.8. The van der Waals surface area contributed by atoms with Crippen LogP contribution in [-0.4, -0.2) is 119 Å². The lowest BCUT2D eigenvalue weighted by Crippen LogP contribution is -2.62. The molecule has 5 heteroatoms. The van der Waals surface area contributed by atoms with Gasteiger partial charge in [-0.1, -0.05) is 20.8 Å². The summed E-state index contributed by atoms with van der Waals surface area (Å²) in [5, 5.41) is 0. The van der Waals surface area contributed by atoms with Crippen molar-refractivity contribution < 1.29 is 0 Å². The largest absolute Gasteiger partial charge is 0.303 e. The summed E-state index contributed by atoms with van der Waals surface area (Å²) < 4.78 is 0. The van der Waals surface area contributed by atoms with Crippen molar-refractivity contribution >= 4 is 0 Å². The van der Waals surface area contributed by atoms with Crippen LogP contribution in [0.5, 0.6) is 0 Å². The van der Waals surface area contributed by atoms with Crippen LogP contribution in [-0.2, 0) is 0 Å². The molecule has 42 heavy (non-hydrogen) atoms. The van der Waals surface area contributed by atoms with E-state index in [0.717, 1.165) is 41.4 Å². The third kappa shape index (κ3) is 6.53. The molecular formula is C37H69N5. The van der Waals surface area contributed by atoms with Crippen molar-refractivity contribution in [1.29, 1.82) is 0 Å². The fourth-order valence-electron chi connectivity index (χ4n) is 10.3. The molecule has 0 bridgehead atoms. The molecule has 2 aliphatic carbocycles. The molecule has 2 saturated carbocycles. The van der Waals surface area contributed by atoms with E-state index in [0.29, 0.717) is 17.0 Å². The van der Waals surface area contributed by atoms with E-state index in [4.69, 9.17) is 0 Å². The van der Waals surface area contributed by atoms with Gasteiger partial charge < -0.3 is 9.80 Å². The molecule has 6 fully saturated rings. The molecule has 7 atom stereocenters. The van der Waals surface area contributed by atoms with Crippen LogP contribution in [0.15, 0.2) is 0 Å². The van der Waals surface area contributed by atoms with E-state index in [1.54, 1.807) is 0 Å². The van der Waals surface area contributed by atoms with Crippen LogP contribution in [0.2, 0.25) is 0 Å². The molecule has 0 radical (unpaired) electrons. The van der Waals surface area contributed by atoms with Crippen LogP contribution >= 0.6 is 0 Å². The number of piperidine rings is 3.